The van der Waals surface area contributed by atoms with Crippen LogP contribution in [0.2, 0.25) is 0 Å². The van der Waals surface area contributed by atoms with Crippen molar-refractivity contribution in [3.63, 3.8) is 0 Å². The van der Waals surface area contributed by atoms with Crippen LogP contribution in [0.4, 0.5) is 10.1 Å². The molecule has 23 heavy (non-hydrogen) atoms. The summed E-state index contributed by atoms with van der Waals surface area (Å²) >= 11 is 3.47. The zero-order valence-corrected chi connectivity index (χ0v) is 14.2. The van der Waals surface area contributed by atoms with Gasteiger partial charge in [-0.15, -0.1) is 0 Å². The summed E-state index contributed by atoms with van der Waals surface area (Å²) in [5.74, 6) is 0.172. The predicted molar refractivity (Wildman–Crippen MR) is 91.9 cm³/mol. The Bertz CT molecular complexity index is 728. The number of Topliss-reactive ketones (excluding diaryl/α,β-unsaturated/α-hetero) is 1. The Labute approximate surface area is 143 Å². The van der Waals surface area contributed by atoms with Crippen LogP contribution >= 0.6 is 15.9 Å². The number of nitrogens with zero attached hydrogens (tertiary/aromatic N) is 1. The third-order valence-corrected chi connectivity index (χ3v) is 5.60. The van der Waals surface area contributed by atoms with Gasteiger partial charge in [0.25, 0.3) is 0 Å². The summed E-state index contributed by atoms with van der Waals surface area (Å²) < 4.78 is 14.3. The molecule has 2 aromatic carbocycles. The molecular weight excluding hydrogens is 357 g/mol. The molecule has 2 nitrogen and oxygen atoms in total. The van der Waals surface area contributed by atoms with E-state index in [0.717, 1.165) is 28.6 Å². The molecule has 0 radical (unpaired) electrons. The van der Waals surface area contributed by atoms with Crippen molar-refractivity contribution in [1.29, 1.82) is 0 Å². The van der Waals surface area contributed by atoms with Crippen molar-refractivity contribution in [1.82, 2.24) is 0 Å². The van der Waals surface area contributed by atoms with E-state index in [1.807, 2.05) is 24.3 Å². The van der Waals surface area contributed by atoms with Gasteiger partial charge in [-0.05, 0) is 54.8 Å². The maximum absolute atomic E-state index is 13.3. The van der Waals surface area contributed by atoms with Crippen LogP contribution in [-0.4, -0.2) is 11.8 Å². The second-order valence-corrected chi connectivity index (χ2v) is 7.30. The van der Waals surface area contributed by atoms with Crippen LogP contribution < -0.4 is 4.90 Å². The van der Waals surface area contributed by atoms with E-state index in [1.54, 1.807) is 0 Å². The second kappa shape index (κ2) is 5.75. The molecule has 2 aromatic rings. The number of halogens is 2. The number of anilines is 1. The molecule has 118 valence electrons. The minimum Gasteiger partial charge on any atom is -0.360 e. The molecule has 5 rings (SSSR count). The quantitative estimate of drug-likeness (QED) is 0.746. The summed E-state index contributed by atoms with van der Waals surface area (Å²) in [6.07, 6.45) is 2.58. The molecule has 0 aromatic heterocycles. The smallest absolute Gasteiger partial charge is 0.140 e. The topological polar surface area (TPSA) is 20.3 Å². The Hall–Kier alpha value is -1.68. The molecule has 2 saturated heterocycles. The van der Waals surface area contributed by atoms with Gasteiger partial charge in [0.15, 0.2) is 0 Å². The van der Waals surface area contributed by atoms with Crippen molar-refractivity contribution < 1.29 is 9.18 Å². The standard InChI is InChI=1S/C19H17BrFNO/c20-13-3-1-12(2-4-13)19-17-10-9-16(11-18(17)23)22(19)15-7-5-14(21)6-8-15/h1-8,16-17,19H,9-11H2/t16-,17+,19-/m0/s1. The van der Waals surface area contributed by atoms with Gasteiger partial charge in [0.2, 0.25) is 0 Å². The van der Waals surface area contributed by atoms with E-state index in [9.17, 15) is 9.18 Å². The predicted octanol–water partition coefficient (Wildman–Crippen LogP) is 4.89. The second-order valence-electron chi connectivity index (χ2n) is 6.39. The highest BCUT2D eigenvalue weighted by Crippen LogP contribution is 2.47. The lowest BCUT2D eigenvalue weighted by atomic mass is 9.71. The van der Waals surface area contributed by atoms with Gasteiger partial charge in [-0.3, -0.25) is 4.79 Å². The average Bonchev–Trinajstić information content (AvgIpc) is 2.56. The molecule has 3 atom stereocenters. The Morgan fingerprint density at radius 1 is 1.00 bits per heavy atom. The number of benzene rings is 2. The molecule has 2 bridgehead atoms. The van der Waals surface area contributed by atoms with Crippen LogP contribution in [0.1, 0.15) is 30.9 Å². The van der Waals surface area contributed by atoms with Gasteiger partial charge in [-0.1, -0.05) is 28.1 Å². The highest BCUT2D eigenvalue weighted by atomic mass is 79.9. The van der Waals surface area contributed by atoms with Crippen molar-refractivity contribution >= 4 is 27.4 Å². The van der Waals surface area contributed by atoms with Crippen LogP contribution in [0, 0.1) is 11.7 Å². The first-order valence-corrected chi connectivity index (χ1v) is 8.75. The van der Waals surface area contributed by atoms with E-state index >= 15 is 0 Å². The number of carbonyl (C=O) groups excluding carboxylic acids is 1. The summed E-state index contributed by atoms with van der Waals surface area (Å²) in [4.78, 5) is 14.8. The van der Waals surface area contributed by atoms with Gasteiger partial charge >= 0.3 is 0 Å². The minimum atomic E-state index is -0.229. The molecule has 4 heteroatoms. The van der Waals surface area contributed by atoms with Gasteiger partial charge in [0, 0.05) is 28.5 Å². The molecule has 1 saturated carbocycles. The van der Waals surface area contributed by atoms with Gasteiger partial charge in [-0.25, -0.2) is 4.39 Å². The Morgan fingerprint density at radius 2 is 1.70 bits per heavy atom. The van der Waals surface area contributed by atoms with E-state index in [2.05, 4.69) is 33.0 Å². The van der Waals surface area contributed by atoms with Crippen molar-refractivity contribution in [2.75, 3.05) is 4.90 Å². The molecule has 0 spiro atoms. The highest BCUT2D eigenvalue weighted by Gasteiger charge is 2.47. The number of rotatable bonds is 2. The van der Waals surface area contributed by atoms with Gasteiger partial charge < -0.3 is 4.90 Å². The van der Waals surface area contributed by atoms with Crippen molar-refractivity contribution in [3.05, 3.63) is 64.4 Å². The number of piperidine rings is 2. The fourth-order valence-corrected chi connectivity index (χ4v) is 4.31. The van der Waals surface area contributed by atoms with Crippen LogP contribution in [-0.2, 0) is 4.79 Å². The van der Waals surface area contributed by atoms with Crippen molar-refractivity contribution in [2.45, 2.75) is 31.3 Å². The van der Waals surface area contributed by atoms with Crippen molar-refractivity contribution in [3.8, 4) is 0 Å². The summed E-state index contributed by atoms with van der Waals surface area (Å²) in [7, 11) is 0. The van der Waals surface area contributed by atoms with E-state index in [4.69, 9.17) is 0 Å². The summed E-state index contributed by atoms with van der Waals surface area (Å²) in [5.41, 5.74) is 2.15. The van der Waals surface area contributed by atoms with Gasteiger partial charge in [0.05, 0.1) is 6.04 Å². The molecular formula is C19H17BrFNO. The Balaban J connectivity index is 1.79. The number of fused-ring (bicyclic) bond motifs is 3. The first kappa shape index (κ1) is 14.9. The zero-order valence-electron chi connectivity index (χ0n) is 12.6. The average molecular weight is 374 g/mol. The molecule has 3 aliphatic rings. The fraction of sp³-hybridized carbons (Fsp3) is 0.316. The number of hydrogen-bond acceptors (Lipinski definition) is 2. The number of hydrogen-bond donors (Lipinski definition) is 0. The third-order valence-electron chi connectivity index (χ3n) is 5.07. The van der Waals surface area contributed by atoms with Crippen LogP contribution in [0.15, 0.2) is 53.0 Å². The SMILES string of the molecule is O=C1C[C@@H]2CC[C@H]1[C@H](c1ccc(Br)cc1)N2c1ccc(F)cc1. The monoisotopic (exact) mass is 373 g/mol. The van der Waals surface area contributed by atoms with Crippen molar-refractivity contribution in [2.24, 2.45) is 5.92 Å². The van der Waals surface area contributed by atoms with E-state index in [-0.39, 0.29) is 23.8 Å². The summed E-state index contributed by atoms with van der Waals surface area (Å²) in [6.45, 7) is 0. The number of ketones is 1. The van der Waals surface area contributed by atoms with Crippen LogP contribution in [0.3, 0.4) is 0 Å². The van der Waals surface area contributed by atoms with Gasteiger partial charge in [-0.2, -0.15) is 0 Å². The molecule has 2 aliphatic heterocycles. The lowest BCUT2D eigenvalue weighted by molar-refractivity contribution is -0.128. The minimum absolute atomic E-state index is 0.0335. The maximum Gasteiger partial charge on any atom is 0.140 e. The largest absolute Gasteiger partial charge is 0.360 e. The lowest BCUT2D eigenvalue weighted by Gasteiger charge is -2.52. The molecule has 3 fully saturated rings. The summed E-state index contributed by atoms with van der Waals surface area (Å²) in [5, 5.41) is 0. The maximum atomic E-state index is 13.3. The molecule has 2 heterocycles. The molecule has 0 unspecified atom stereocenters. The third kappa shape index (κ3) is 2.59. The highest BCUT2D eigenvalue weighted by molar-refractivity contribution is 9.10. The van der Waals surface area contributed by atoms with Crippen LogP contribution in [0.25, 0.3) is 0 Å². The van der Waals surface area contributed by atoms with Crippen LogP contribution in [0.5, 0.6) is 0 Å². The fourth-order valence-electron chi connectivity index (χ4n) is 4.05. The number of carbonyl (C=O) groups is 1. The zero-order chi connectivity index (χ0) is 16.0. The van der Waals surface area contributed by atoms with Gasteiger partial charge in [0.1, 0.15) is 11.6 Å². The first-order valence-electron chi connectivity index (χ1n) is 7.95. The Morgan fingerprint density at radius 3 is 2.35 bits per heavy atom. The normalized spacial score (nSPS) is 26.6. The lowest BCUT2D eigenvalue weighted by Crippen LogP contribution is -2.54. The molecule has 0 amide bonds. The molecule has 0 N–H and O–H groups in total. The van der Waals surface area contributed by atoms with E-state index in [0.29, 0.717) is 12.2 Å². The first-order chi connectivity index (χ1) is 11.1. The Kier molecular flexibility index (Phi) is 3.72. The van der Waals surface area contributed by atoms with E-state index < -0.39 is 0 Å². The summed E-state index contributed by atoms with van der Waals surface area (Å²) in [6, 6.07) is 15.1. The van der Waals surface area contributed by atoms with E-state index in [1.165, 1.54) is 12.1 Å². The molecule has 1 aliphatic carbocycles.